The molecule has 130 valence electrons. The molecule has 2 aliphatic rings. The van der Waals surface area contributed by atoms with Crippen LogP contribution in [-0.2, 0) is 14.9 Å². The fraction of sp³-hybridized carbons (Fsp3) is 0.750. The minimum Gasteiger partial charge on any atom is -0.465 e. The van der Waals surface area contributed by atoms with E-state index in [0.29, 0.717) is 32.2 Å². The maximum absolute atomic E-state index is 13.0. The molecule has 1 aromatic heterocycles. The van der Waals surface area contributed by atoms with Crippen LogP contribution in [0.15, 0.2) is 16.5 Å². The summed E-state index contributed by atoms with van der Waals surface area (Å²) < 4.78 is 40.2. The van der Waals surface area contributed by atoms with Crippen LogP contribution in [0.1, 0.15) is 43.2 Å². The Morgan fingerprint density at radius 2 is 1.96 bits per heavy atom. The fourth-order valence-electron chi connectivity index (χ4n) is 3.62. The van der Waals surface area contributed by atoms with Gasteiger partial charge in [0, 0.05) is 33.4 Å². The monoisotopic (exact) mass is 342 g/mol. The Bertz CT molecular complexity index is 620. The highest BCUT2D eigenvalue weighted by molar-refractivity contribution is 7.86. The first-order valence-corrected chi connectivity index (χ1v) is 9.74. The second-order valence-electron chi connectivity index (χ2n) is 6.52. The van der Waals surface area contributed by atoms with Gasteiger partial charge in [0.1, 0.15) is 11.5 Å². The third kappa shape index (κ3) is 3.47. The summed E-state index contributed by atoms with van der Waals surface area (Å²) in [5, 5.41) is 0. The maximum Gasteiger partial charge on any atom is 0.282 e. The number of furan rings is 1. The molecule has 1 atom stereocenters. The second kappa shape index (κ2) is 6.93. The first-order valence-electron chi connectivity index (χ1n) is 8.34. The van der Waals surface area contributed by atoms with Crippen LogP contribution in [0.5, 0.6) is 0 Å². The highest BCUT2D eigenvalue weighted by atomic mass is 32.2. The van der Waals surface area contributed by atoms with Gasteiger partial charge < -0.3 is 9.15 Å². The van der Waals surface area contributed by atoms with Crippen LogP contribution in [0, 0.1) is 12.8 Å². The van der Waals surface area contributed by atoms with Crippen molar-refractivity contribution in [3.63, 3.8) is 0 Å². The molecular weight excluding hydrogens is 316 g/mol. The van der Waals surface area contributed by atoms with E-state index in [2.05, 4.69) is 0 Å². The lowest BCUT2D eigenvalue weighted by Crippen LogP contribution is -2.47. The molecule has 0 bridgehead atoms. The summed E-state index contributed by atoms with van der Waals surface area (Å²) >= 11 is 0. The van der Waals surface area contributed by atoms with Gasteiger partial charge in [-0.15, -0.1) is 0 Å². The Hall–Kier alpha value is -0.890. The van der Waals surface area contributed by atoms with Crippen molar-refractivity contribution in [2.75, 3.05) is 33.4 Å². The van der Waals surface area contributed by atoms with Crippen molar-refractivity contribution in [2.24, 2.45) is 5.92 Å². The van der Waals surface area contributed by atoms with E-state index < -0.39 is 10.2 Å². The SMILES string of the molecule is COCC1CCN(S(=O)(=O)N2CCC[C@H]2c2ccc(C)o2)CC1. The third-order valence-electron chi connectivity index (χ3n) is 4.89. The number of rotatable bonds is 5. The van der Waals surface area contributed by atoms with Crippen molar-refractivity contribution in [3.05, 3.63) is 23.7 Å². The first-order chi connectivity index (χ1) is 11.0. The van der Waals surface area contributed by atoms with Crippen molar-refractivity contribution < 1.29 is 17.6 Å². The lowest BCUT2D eigenvalue weighted by molar-refractivity contribution is 0.119. The Labute approximate surface area is 138 Å². The van der Waals surface area contributed by atoms with Gasteiger partial charge in [-0.25, -0.2) is 0 Å². The minimum absolute atomic E-state index is 0.162. The van der Waals surface area contributed by atoms with Crippen LogP contribution >= 0.6 is 0 Å². The van der Waals surface area contributed by atoms with Gasteiger partial charge in [-0.1, -0.05) is 0 Å². The van der Waals surface area contributed by atoms with E-state index in [1.165, 1.54) is 0 Å². The molecule has 3 rings (SSSR count). The smallest absolute Gasteiger partial charge is 0.282 e. The van der Waals surface area contributed by atoms with E-state index in [1.807, 2.05) is 19.1 Å². The van der Waals surface area contributed by atoms with E-state index in [9.17, 15) is 8.42 Å². The molecule has 1 aromatic rings. The molecule has 0 amide bonds. The standard InChI is InChI=1S/C16H26N2O4S/c1-13-5-6-16(22-13)15-4-3-9-18(15)23(19,20)17-10-7-14(8-11-17)12-21-2/h5-6,14-15H,3-4,7-12H2,1-2H3/t15-/m0/s1. The third-order valence-corrected chi connectivity index (χ3v) is 6.94. The van der Waals surface area contributed by atoms with Crippen LogP contribution < -0.4 is 0 Å². The van der Waals surface area contributed by atoms with Gasteiger partial charge in [-0.05, 0) is 50.7 Å². The van der Waals surface area contributed by atoms with E-state index in [1.54, 1.807) is 15.7 Å². The summed E-state index contributed by atoms with van der Waals surface area (Å²) in [6.45, 7) is 4.34. The highest BCUT2D eigenvalue weighted by Crippen LogP contribution is 2.36. The molecule has 0 aliphatic carbocycles. The van der Waals surface area contributed by atoms with Crippen LogP contribution in [-0.4, -0.2) is 50.4 Å². The van der Waals surface area contributed by atoms with Crippen molar-refractivity contribution in [3.8, 4) is 0 Å². The van der Waals surface area contributed by atoms with E-state index >= 15 is 0 Å². The van der Waals surface area contributed by atoms with Gasteiger partial charge in [0.05, 0.1) is 6.04 Å². The second-order valence-corrected chi connectivity index (χ2v) is 8.40. The fourth-order valence-corrected chi connectivity index (χ4v) is 5.48. The van der Waals surface area contributed by atoms with Gasteiger partial charge >= 0.3 is 0 Å². The Morgan fingerprint density at radius 3 is 2.57 bits per heavy atom. The van der Waals surface area contributed by atoms with Crippen molar-refractivity contribution >= 4 is 10.2 Å². The summed E-state index contributed by atoms with van der Waals surface area (Å²) in [7, 11) is -1.72. The number of piperidine rings is 1. The van der Waals surface area contributed by atoms with E-state index in [4.69, 9.17) is 9.15 Å². The van der Waals surface area contributed by atoms with Crippen LogP contribution in [0.25, 0.3) is 0 Å². The summed E-state index contributed by atoms with van der Waals surface area (Å²) in [5.41, 5.74) is 0. The average molecular weight is 342 g/mol. The number of ether oxygens (including phenoxy) is 1. The van der Waals surface area contributed by atoms with Gasteiger partial charge in [-0.2, -0.15) is 17.0 Å². The van der Waals surface area contributed by atoms with Gasteiger partial charge in [0.25, 0.3) is 10.2 Å². The molecule has 0 N–H and O–H groups in total. The zero-order valence-electron chi connectivity index (χ0n) is 13.9. The number of hydrogen-bond donors (Lipinski definition) is 0. The molecule has 6 nitrogen and oxygen atoms in total. The Balaban J connectivity index is 1.72. The number of hydrogen-bond acceptors (Lipinski definition) is 4. The molecule has 0 unspecified atom stereocenters. The molecule has 23 heavy (non-hydrogen) atoms. The van der Waals surface area contributed by atoms with Gasteiger partial charge in [-0.3, -0.25) is 0 Å². The maximum atomic E-state index is 13.0. The quantitative estimate of drug-likeness (QED) is 0.824. The number of nitrogens with zero attached hydrogens (tertiary/aromatic N) is 2. The summed E-state index contributed by atoms with van der Waals surface area (Å²) in [4.78, 5) is 0. The van der Waals surface area contributed by atoms with E-state index in [0.717, 1.165) is 37.2 Å². The molecule has 0 radical (unpaired) electrons. The summed E-state index contributed by atoms with van der Waals surface area (Å²) in [5.74, 6) is 2.05. The average Bonchev–Trinajstić information content (AvgIpc) is 3.17. The predicted octanol–water partition coefficient (Wildman–Crippen LogP) is 2.33. The molecular formula is C16H26N2O4S. The zero-order chi connectivity index (χ0) is 16.4. The largest absolute Gasteiger partial charge is 0.465 e. The molecule has 3 heterocycles. The van der Waals surface area contributed by atoms with Crippen molar-refractivity contribution in [1.29, 1.82) is 0 Å². The Kier molecular flexibility index (Phi) is 5.10. The molecule has 0 saturated carbocycles. The van der Waals surface area contributed by atoms with Crippen molar-refractivity contribution in [2.45, 2.75) is 38.6 Å². The van der Waals surface area contributed by atoms with Crippen molar-refractivity contribution in [1.82, 2.24) is 8.61 Å². The molecule has 2 fully saturated rings. The van der Waals surface area contributed by atoms with Crippen LogP contribution in [0.3, 0.4) is 0 Å². The zero-order valence-corrected chi connectivity index (χ0v) is 14.7. The minimum atomic E-state index is -3.42. The normalized spacial score (nSPS) is 25.2. The molecule has 0 spiro atoms. The van der Waals surface area contributed by atoms with Crippen LogP contribution in [0.2, 0.25) is 0 Å². The lowest BCUT2D eigenvalue weighted by Gasteiger charge is -2.35. The molecule has 2 saturated heterocycles. The number of methoxy groups -OCH3 is 1. The molecule has 2 aliphatic heterocycles. The summed E-state index contributed by atoms with van der Waals surface area (Å²) in [6, 6.07) is 3.64. The Morgan fingerprint density at radius 1 is 1.22 bits per heavy atom. The summed E-state index contributed by atoms with van der Waals surface area (Å²) in [6.07, 6.45) is 3.44. The number of aryl methyl sites for hydroxylation is 1. The topological polar surface area (TPSA) is 63.0 Å². The lowest BCUT2D eigenvalue weighted by atomic mass is 9.99. The predicted molar refractivity (Wildman–Crippen MR) is 87.2 cm³/mol. The first kappa shape index (κ1) is 17.0. The van der Waals surface area contributed by atoms with Crippen LogP contribution in [0.4, 0.5) is 0 Å². The van der Waals surface area contributed by atoms with Gasteiger partial charge in [0.15, 0.2) is 0 Å². The highest BCUT2D eigenvalue weighted by Gasteiger charge is 2.41. The van der Waals surface area contributed by atoms with Gasteiger partial charge in [0.2, 0.25) is 0 Å². The van der Waals surface area contributed by atoms with E-state index in [-0.39, 0.29) is 6.04 Å². The molecule has 0 aromatic carbocycles. The molecule has 7 heteroatoms.